The molecule has 3 rings (SSSR count). The van der Waals surface area contributed by atoms with Crippen LogP contribution in [0.5, 0.6) is 11.5 Å². The van der Waals surface area contributed by atoms with Crippen molar-refractivity contribution in [3.63, 3.8) is 0 Å². The van der Waals surface area contributed by atoms with Crippen molar-refractivity contribution in [2.75, 3.05) is 35.9 Å². The van der Waals surface area contributed by atoms with E-state index in [1.54, 1.807) is 56.7 Å². The quantitative estimate of drug-likeness (QED) is 0.311. The average Bonchev–Trinajstić information content (AvgIpc) is 3.30. The molecule has 11 heteroatoms. The Kier molecular flexibility index (Phi) is 9.90. The lowest BCUT2D eigenvalue weighted by molar-refractivity contribution is -0.114. The van der Waals surface area contributed by atoms with Crippen molar-refractivity contribution in [1.29, 1.82) is 0 Å². The zero-order chi connectivity index (χ0) is 25.9. The van der Waals surface area contributed by atoms with Crippen molar-refractivity contribution in [2.24, 2.45) is 0 Å². The molecule has 3 amide bonds. The molecule has 0 aliphatic rings. The SMILES string of the molecule is COc1ccc(/C=C/C(=O)Nc2nc(CSCC(=O)Nc3ccc(NC(C)=O)cc3)cs2)cc1OC. The predicted molar refractivity (Wildman–Crippen MR) is 145 cm³/mol. The zero-order valence-corrected chi connectivity index (χ0v) is 21.6. The van der Waals surface area contributed by atoms with Crippen molar-refractivity contribution >= 4 is 63.4 Å². The summed E-state index contributed by atoms with van der Waals surface area (Å²) in [5.41, 5.74) is 2.88. The first-order chi connectivity index (χ1) is 17.4. The van der Waals surface area contributed by atoms with E-state index in [1.165, 1.54) is 36.1 Å². The standard InChI is InChI=1S/C25H26N4O5S2/c1-16(30)26-18-6-8-19(9-7-18)27-24(32)15-35-13-20-14-36-25(28-20)29-23(31)11-5-17-4-10-21(33-2)22(12-17)34-3/h4-12,14H,13,15H2,1-3H3,(H,26,30)(H,27,32)(H,28,29,31)/b11-5+. The summed E-state index contributed by atoms with van der Waals surface area (Å²) in [6, 6.07) is 12.3. The molecular formula is C25H26N4O5S2. The van der Waals surface area contributed by atoms with Gasteiger partial charge in [0.15, 0.2) is 16.6 Å². The number of thiazole rings is 1. The minimum atomic E-state index is -0.303. The fourth-order valence-corrected chi connectivity index (χ4v) is 4.53. The van der Waals surface area contributed by atoms with Crippen molar-refractivity contribution < 1.29 is 23.9 Å². The molecule has 0 aliphatic heterocycles. The number of thioether (sulfide) groups is 1. The number of hydrogen-bond donors (Lipinski definition) is 3. The van der Waals surface area contributed by atoms with Crippen LogP contribution in [0.2, 0.25) is 0 Å². The molecule has 36 heavy (non-hydrogen) atoms. The number of anilines is 3. The van der Waals surface area contributed by atoms with Crippen LogP contribution in [0.1, 0.15) is 18.2 Å². The van der Waals surface area contributed by atoms with Crippen molar-refractivity contribution in [3.8, 4) is 11.5 Å². The molecule has 0 spiro atoms. The molecule has 0 saturated heterocycles. The highest BCUT2D eigenvalue weighted by molar-refractivity contribution is 7.99. The van der Waals surface area contributed by atoms with E-state index in [1.807, 2.05) is 11.4 Å². The molecule has 0 unspecified atom stereocenters. The number of rotatable bonds is 11. The fraction of sp³-hybridized carbons (Fsp3) is 0.200. The molecule has 0 atom stereocenters. The first kappa shape index (κ1) is 26.8. The second-order valence-electron chi connectivity index (χ2n) is 7.38. The molecule has 0 radical (unpaired) electrons. The minimum Gasteiger partial charge on any atom is -0.493 e. The van der Waals surface area contributed by atoms with Crippen LogP contribution < -0.4 is 25.4 Å². The summed E-state index contributed by atoms with van der Waals surface area (Å²) < 4.78 is 10.5. The number of aromatic nitrogens is 1. The monoisotopic (exact) mass is 526 g/mol. The molecule has 3 aromatic rings. The number of carbonyl (C=O) groups is 3. The largest absolute Gasteiger partial charge is 0.493 e. The average molecular weight is 527 g/mol. The molecule has 1 heterocycles. The van der Waals surface area contributed by atoms with Gasteiger partial charge in [-0.3, -0.25) is 19.7 Å². The second kappa shape index (κ2) is 13.3. The molecular weight excluding hydrogens is 500 g/mol. The number of amides is 3. The molecule has 0 aliphatic carbocycles. The van der Waals surface area contributed by atoms with Crippen LogP contribution in [-0.2, 0) is 20.1 Å². The van der Waals surface area contributed by atoms with Crippen molar-refractivity contribution in [2.45, 2.75) is 12.7 Å². The third-order valence-corrected chi connectivity index (χ3v) is 6.36. The Labute approximate surface area is 217 Å². The fourth-order valence-electron chi connectivity index (χ4n) is 2.99. The number of benzene rings is 2. The van der Waals surface area contributed by atoms with Crippen LogP contribution in [0.15, 0.2) is 53.9 Å². The molecule has 0 fully saturated rings. The number of hydrogen-bond acceptors (Lipinski definition) is 8. The van der Waals surface area contributed by atoms with Gasteiger partial charge in [-0.05, 0) is 48.0 Å². The van der Waals surface area contributed by atoms with Gasteiger partial charge in [-0.15, -0.1) is 23.1 Å². The molecule has 0 saturated carbocycles. The molecule has 3 N–H and O–H groups in total. The number of nitrogens with one attached hydrogen (secondary N) is 3. The maximum atomic E-state index is 12.3. The highest BCUT2D eigenvalue weighted by Crippen LogP contribution is 2.28. The topological polar surface area (TPSA) is 119 Å². The Morgan fingerprint density at radius 1 is 0.972 bits per heavy atom. The number of carbonyl (C=O) groups excluding carboxylic acids is 3. The third-order valence-electron chi connectivity index (χ3n) is 4.59. The van der Waals surface area contributed by atoms with Gasteiger partial charge in [0, 0.05) is 35.5 Å². The molecule has 0 bridgehead atoms. The molecule has 188 valence electrons. The number of methoxy groups -OCH3 is 2. The summed E-state index contributed by atoms with van der Waals surface area (Å²) in [7, 11) is 3.12. The van der Waals surface area contributed by atoms with Gasteiger partial charge in [-0.2, -0.15) is 0 Å². The second-order valence-corrected chi connectivity index (χ2v) is 9.22. The van der Waals surface area contributed by atoms with E-state index in [-0.39, 0.29) is 23.5 Å². The van der Waals surface area contributed by atoms with Gasteiger partial charge in [-0.25, -0.2) is 4.98 Å². The number of nitrogens with zero attached hydrogens (tertiary/aromatic N) is 1. The predicted octanol–water partition coefficient (Wildman–Crippen LogP) is 4.64. The van der Waals surface area contributed by atoms with Crippen LogP contribution in [0.25, 0.3) is 6.08 Å². The third kappa shape index (κ3) is 8.43. The Hall–Kier alpha value is -3.83. The van der Waals surface area contributed by atoms with E-state index in [2.05, 4.69) is 20.9 Å². The summed E-state index contributed by atoms with van der Waals surface area (Å²) in [6.45, 7) is 1.44. The van der Waals surface area contributed by atoms with Gasteiger partial charge < -0.3 is 20.1 Å². The summed E-state index contributed by atoms with van der Waals surface area (Å²) in [5, 5.41) is 10.6. The first-order valence-corrected chi connectivity index (χ1v) is 12.8. The van der Waals surface area contributed by atoms with Crippen LogP contribution in [-0.4, -0.2) is 42.7 Å². The highest BCUT2D eigenvalue weighted by Gasteiger charge is 2.08. The Bertz CT molecular complexity index is 1240. The first-order valence-electron chi connectivity index (χ1n) is 10.8. The Balaban J connectivity index is 1.42. The van der Waals surface area contributed by atoms with Crippen molar-refractivity contribution in [1.82, 2.24) is 4.98 Å². The lowest BCUT2D eigenvalue weighted by atomic mass is 10.2. The lowest BCUT2D eigenvalue weighted by Gasteiger charge is -2.07. The van der Waals surface area contributed by atoms with E-state index < -0.39 is 0 Å². The van der Waals surface area contributed by atoms with E-state index >= 15 is 0 Å². The molecule has 1 aromatic heterocycles. The van der Waals surface area contributed by atoms with Gasteiger partial charge in [0.2, 0.25) is 17.7 Å². The maximum Gasteiger partial charge on any atom is 0.250 e. The van der Waals surface area contributed by atoms with Crippen LogP contribution >= 0.6 is 23.1 Å². The Morgan fingerprint density at radius 2 is 1.67 bits per heavy atom. The van der Waals surface area contributed by atoms with Crippen molar-refractivity contribution in [3.05, 3.63) is 65.2 Å². The normalized spacial score (nSPS) is 10.6. The zero-order valence-electron chi connectivity index (χ0n) is 20.0. The maximum absolute atomic E-state index is 12.3. The van der Waals surface area contributed by atoms with Gasteiger partial charge in [0.1, 0.15) is 0 Å². The molecule has 9 nitrogen and oxygen atoms in total. The van der Waals surface area contributed by atoms with Gasteiger partial charge in [0.05, 0.1) is 25.7 Å². The smallest absolute Gasteiger partial charge is 0.250 e. The Morgan fingerprint density at radius 3 is 2.33 bits per heavy atom. The summed E-state index contributed by atoms with van der Waals surface area (Å²) in [6.07, 6.45) is 3.10. The lowest BCUT2D eigenvalue weighted by Crippen LogP contribution is -2.14. The van der Waals surface area contributed by atoms with Crippen LogP contribution in [0.3, 0.4) is 0 Å². The highest BCUT2D eigenvalue weighted by atomic mass is 32.2. The van der Waals surface area contributed by atoms with E-state index in [0.29, 0.717) is 33.8 Å². The van der Waals surface area contributed by atoms with Gasteiger partial charge in [-0.1, -0.05) is 6.07 Å². The minimum absolute atomic E-state index is 0.142. The summed E-state index contributed by atoms with van der Waals surface area (Å²) in [4.78, 5) is 39.9. The van der Waals surface area contributed by atoms with Gasteiger partial charge in [0.25, 0.3) is 0 Å². The van der Waals surface area contributed by atoms with E-state index in [4.69, 9.17) is 9.47 Å². The van der Waals surface area contributed by atoms with E-state index in [9.17, 15) is 14.4 Å². The summed E-state index contributed by atoms with van der Waals surface area (Å²) >= 11 is 2.74. The van der Waals surface area contributed by atoms with E-state index in [0.717, 1.165) is 11.3 Å². The van der Waals surface area contributed by atoms with Crippen LogP contribution in [0.4, 0.5) is 16.5 Å². The van der Waals surface area contributed by atoms with Gasteiger partial charge >= 0.3 is 0 Å². The summed E-state index contributed by atoms with van der Waals surface area (Å²) in [5.74, 6) is 1.37. The molecule has 2 aromatic carbocycles. The van der Waals surface area contributed by atoms with Crippen LogP contribution in [0, 0.1) is 0 Å². The number of ether oxygens (including phenoxy) is 2.